The lowest BCUT2D eigenvalue weighted by Gasteiger charge is -2.20. The van der Waals surface area contributed by atoms with Gasteiger partial charge in [-0.05, 0) is 32.3 Å². The Kier molecular flexibility index (Phi) is 4.79. The minimum absolute atomic E-state index is 0.0141. The van der Waals surface area contributed by atoms with E-state index < -0.39 is 5.97 Å². The van der Waals surface area contributed by atoms with Crippen molar-refractivity contribution in [2.24, 2.45) is 4.99 Å². The van der Waals surface area contributed by atoms with Gasteiger partial charge in [0.1, 0.15) is 5.69 Å². The predicted molar refractivity (Wildman–Crippen MR) is 91.3 cm³/mol. The summed E-state index contributed by atoms with van der Waals surface area (Å²) in [5.74, 6) is -0.532. The SMILES string of the molecule is Cc1c(C(=O)[O-])nn(C(=NC2CCCCC2)c2ccccc2)c1C. The molecule has 5 nitrogen and oxygen atoms in total. The zero-order valence-electron chi connectivity index (χ0n) is 14.2. The average Bonchev–Trinajstić information content (AvgIpc) is 2.90. The molecule has 0 amide bonds. The summed E-state index contributed by atoms with van der Waals surface area (Å²) >= 11 is 0. The summed E-state index contributed by atoms with van der Waals surface area (Å²) in [4.78, 5) is 16.3. The number of carbonyl (C=O) groups excluding carboxylic acids is 1. The molecule has 0 spiro atoms. The zero-order chi connectivity index (χ0) is 17.1. The number of aromatic nitrogens is 2. The Bertz CT molecular complexity index is 756. The van der Waals surface area contributed by atoms with Crippen LogP contribution in [0.2, 0.25) is 0 Å². The van der Waals surface area contributed by atoms with E-state index >= 15 is 0 Å². The molecule has 5 heteroatoms. The fourth-order valence-corrected chi connectivity index (χ4v) is 3.20. The van der Waals surface area contributed by atoms with Crippen LogP contribution >= 0.6 is 0 Å². The molecule has 24 heavy (non-hydrogen) atoms. The van der Waals surface area contributed by atoms with Gasteiger partial charge in [0.25, 0.3) is 0 Å². The Balaban J connectivity index is 2.10. The molecule has 2 aromatic rings. The molecule has 0 aliphatic heterocycles. The minimum atomic E-state index is -1.25. The lowest BCUT2D eigenvalue weighted by Crippen LogP contribution is -2.25. The third-order valence-corrected chi connectivity index (χ3v) is 4.72. The van der Waals surface area contributed by atoms with Crippen molar-refractivity contribution in [2.45, 2.75) is 52.0 Å². The number of carboxylic acids is 1. The van der Waals surface area contributed by atoms with Gasteiger partial charge >= 0.3 is 0 Å². The van der Waals surface area contributed by atoms with Crippen LogP contribution in [-0.2, 0) is 0 Å². The molecule has 1 aromatic carbocycles. The number of carbonyl (C=O) groups is 1. The number of benzene rings is 1. The third kappa shape index (κ3) is 3.25. The van der Waals surface area contributed by atoms with Crippen molar-refractivity contribution < 1.29 is 9.90 Å². The standard InChI is InChI=1S/C19H23N3O2/c1-13-14(2)22(21-17(13)19(23)24)18(15-9-5-3-6-10-15)20-16-11-7-4-8-12-16/h3,5-6,9-10,16H,4,7-8,11-12H2,1-2H3,(H,23,24)/p-1. The van der Waals surface area contributed by atoms with Gasteiger partial charge in [-0.2, -0.15) is 5.10 Å². The van der Waals surface area contributed by atoms with E-state index in [4.69, 9.17) is 4.99 Å². The van der Waals surface area contributed by atoms with Crippen LogP contribution in [0.1, 0.15) is 59.4 Å². The molecule has 1 aliphatic carbocycles. The Morgan fingerprint density at radius 2 is 1.83 bits per heavy atom. The highest BCUT2D eigenvalue weighted by Gasteiger charge is 2.19. The van der Waals surface area contributed by atoms with Crippen LogP contribution in [0.15, 0.2) is 35.3 Å². The number of carboxylic acid groups (broad SMARTS) is 1. The number of aromatic carboxylic acids is 1. The Morgan fingerprint density at radius 1 is 1.17 bits per heavy atom. The van der Waals surface area contributed by atoms with Gasteiger partial charge in [-0.3, -0.25) is 4.99 Å². The van der Waals surface area contributed by atoms with E-state index in [2.05, 4.69) is 5.10 Å². The van der Waals surface area contributed by atoms with Gasteiger partial charge in [0.2, 0.25) is 0 Å². The maximum Gasteiger partial charge on any atom is 0.156 e. The quantitative estimate of drug-likeness (QED) is 0.643. The van der Waals surface area contributed by atoms with Crippen LogP contribution in [-0.4, -0.2) is 27.6 Å². The zero-order valence-corrected chi connectivity index (χ0v) is 14.2. The molecule has 0 atom stereocenters. The van der Waals surface area contributed by atoms with Crippen LogP contribution in [0.3, 0.4) is 0 Å². The van der Waals surface area contributed by atoms with Gasteiger partial charge < -0.3 is 9.90 Å². The van der Waals surface area contributed by atoms with Crippen molar-refractivity contribution >= 4 is 11.8 Å². The van der Waals surface area contributed by atoms with Crippen LogP contribution in [0.4, 0.5) is 0 Å². The van der Waals surface area contributed by atoms with E-state index in [9.17, 15) is 9.90 Å². The summed E-state index contributed by atoms with van der Waals surface area (Å²) in [6, 6.07) is 10.1. The second-order valence-electron chi connectivity index (χ2n) is 6.37. The summed E-state index contributed by atoms with van der Waals surface area (Å²) in [7, 11) is 0. The molecule has 1 fully saturated rings. The highest BCUT2D eigenvalue weighted by atomic mass is 16.4. The van der Waals surface area contributed by atoms with Crippen molar-refractivity contribution in [3.8, 4) is 0 Å². The van der Waals surface area contributed by atoms with Gasteiger partial charge in [-0.1, -0.05) is 49.6 Å². The first-order valence-electron chi connectivity index (χ1n) is 8.49. The van der Waals surface area contributed by atoms with Gasteiger partial charge in [0.05, 0.1) is 12.0 Å². The topological polar surface area (TPSA) is 70.3 Å². The van der Waals surface area contributed by atoms with Crippen molar-refractivity contribution in [3.63, 3.8) is 0 Å². The molecule has 1 heterocycles. The lowest BCUT2D eigenvalue weighted by atomic mass is 9.96. The van der Waals surface area contributed by atoms with Crippen LogP contribution in [0.5, 0.6) is 0 Å². The summed E-state index contributed by atoms with van der Waals surface area (Å²) in [5.41, 5.74) is 2.34. The molecule has 0 bridgehead atoms. The minimum Gasteiger partial charge on any atom is -0.543 e. The molecule has 126 valence electrons. The fourth-order valence-electron chi connectivity index (χ4n) is 3.20. The summed E-state index contributed by atoms with van der Waals surface area (Å²) in [6.07, 6.45) is 5.79. The summed E-state index contributed by atoms with van der Waals surface area (Å²) < 4.78 is 1.66. The van der Waals surface area contributed by atoms with Gasteiger partial charge in [0.15, 0.2) is 5.84 Å². The second-order valence-corrected chi connectivity index (χ2v) is 6.37. The lowest BCUT2D eigenvalue weighted by molar-refractivity contribution is -0.255. The molecule has 1 saturated carbocycles. The molecule has 1 aromatic heterocycles. The molecule has 0 saturated heterocycles. The molecule has 0 unspecified atom stereocenters. The molecule has 0 radical (unpaired) electrons. The van der Waals surface area contributed by atoms with E-state index in [0.29, 0.717) is 5.56 Å². The largest absolute Gasteiger partial charge is 0.543 e. The number of aliphatic imine (C=N–C) groups is 1. The first-order valence-corrected chi connectivity index (χ1v) is 8.49. The number of hydrogen-bond acceptors (Lipinski definition) is 4. The Labute approximate surface area is 142 Å². The first kappa shape index (κ1) is 16.4. The summed E-state index contributed by atoms with van der Waals surface area (Å²) in [6.45, 7) is 3.63. The van der Waals surface area contributed by atoms with Gasteiger partial charge in [-0.15, -0.1) is 0 Å². The van der Waals surface area contributed by atoms with Gasteiger partial charge in [-0.25, -0.2) is 4.68 Å². The molecular weight excluding hydrogens is 302 g/mol. The van der Waals surface area contributed by atoms with Crippen molar-refractivity contribution in [1.29, 1.82) is 0 Å². The van der Waals surface area contributed by atoms with Crippen LogP contribution < -0.4 is 5.11 Å². The van der Waals surface area contributed by atoms with Crippen LogP contribution in [0.25, 0.3) is 0 Å². The van der Waals surface area contributed by atoms with Crippen molar-refractivity contribution in [3.05, 3.63) is 52.8 Å². The predicted octanol–water partition coefficient (Wildman–Crippen LogP) is 2.49. The van der Waals surface area contributed by atoms with Gasteiger partial charge in [0, 0.05) is 11.3 Å². The smallest absolute Gasteiger partial charge is 0.156 e. The normalized spacial score (nSPS) is 16.3. The molecular formula is C19H22N3O2-. The highest BCUT2D eigenvalue weighted by Crippen LogP contribution is 2.22. The van der Waals surface area contributed by atoms with E-state index in [1.165, 1.54) is 19.3 Å². The highest BCUT2D eigenvalue weighted by molar-refractivity contribution is 6.01. The van der Waals surface area contributed by atoms with E-state index in [1.807, 2.05) is 37.3 Å². The number of rotatable bonds is 3. The summed E-state index contributed by atoms with van der Waals surface area (Å²) in [5, 5.41) is 15.6. The first-order chi connectivity index (χ1) is 11.6. The van der Waals surface area contributed by atoms with Crippen molar-refractivity contribution in [1.82, 2.24) is 9.78 Å². The Morgan fingerprint density at radius 3 is 2.42 bits per heavy atom. The fraction of sp³-hybridized carbons (Fsp3) is 0.421. The molecule has 3 rings (SSSR count). The Hall–Kier alpha value is -2.43. The van der Waals surface area contributed by atoms with E-state index in [1.54, 1.807) is 11.6 Å². The van der Waals surface area contributed by atoms with Crippen molar-refractivity contribution in [2.75, 3.05) is 0 Å². The second kappa shape index (κ2) is 6.99. The van der Waals surface area contributed by atoms with E-state index in [0.717, 1.165) is 29.9 Å². The maximum atomic E-state index is 11.3. The maximum absolute atomic E-state index is 11.3. The number of nitrogens with zero attached hydrogens (tertiary/aromatic N) is 3. The third-order valence-electron chi connectivity index (χ3n) is 4.72. The van der Waals surface area contributed by atoms with Crippen LogP contribution in [0, 0.1) is 13.8 Å². The monoisotopic (exact) mass is 324 g/mol. The molecule has 0 N–H and O–H groups in total. The average molecular weight is 324 g/mol. The molecule has 1 aliphatic rings. The van der Waals surface area contributed by atoms with E-state index in [-0.39, 0.29) is 11.7 Å². The number of hydrogen-bond donors (Lipinski definition) is 0.